The summed E-state index contributed by atoms with van der Waals surface area (Å²) in [4.78, 5) is 24.2. The van der Waals surface area contributed by atoms with E-state index in [1.807, 2.05) is 26.2 Å². The highest BCUT2D eigenvalue weighted by Crippen LogP contribution is 2.39. The number of hydrogen-bond donors (Lipinski definition) is 0. The van der Waals surface area contributed by atoms with Gasteiger partial charge < -0.3 is 9.80 Å². The summed E-state index contributed by atoms with van der Waals surface area (Å²) in [5.74, 6) is 1.42. The van der Waals surface area contributed by atoms with Gasteiger partial charge in [0.05, 0.1) is 0 Å². The SMILES string of the molecule is C[C@@H]1CN(c2ncc(C3CC3)cn2)C[C@H](C)N1C(=O)Cl. The van der Waals surface area contributed by atoms with Gasteiger partial charge in [0.1, 0.15) is 0 Å². The number of anilines is 1. The molecule has 0 spiro atoms. The maximum Gasteiger partial charge on any atom is 0.316 e. The van der Waals surface area contributed by atoms with E-state index in [1.165, 1.54) is 18.4 Å². The van der Waals surface area contributed by atoms with Crippen molar-refractivity contribution < 1.29 is 4.79 Å². The lowest BCUT2D eigenvalue weighted by atomic mass is 10.1. The summed E-state index contributed by atoms with van der Waals surface area (Å²) in [7, 11) is 0. The normalized spacial score (nSPS) is 26.8. The lowest BCUT2D eigenvalue weighted by Gasteiger charge is -2.43. The molecule has 6 heteroatoms. The van der Waals surface area contributed by atoms with Crippen LogP contribution in [-0.2, 0) is 0 Å². The summed E-state index contributed by atoms with van der Waals surface area (Å²) in [5.41, 5.74) is 1.24. The lowest BCUT2D eigenvalue weighted by Crippen LogP contribution is -2.57. The minimum atomic E-state index is -0.380. The van der Waals surface area contributed by atoms with E-state index in [4.69, 9.17) is 11.6 Å². The molecule has 5 nitrogen and oxygen atoms in total. The number of carbonyl (C=O) groups is 1. The number of piperazine rings is 1. The molecule has 1 aliphatic carbocycles. The maximum absolute atomic E-state index is 11.4. The van der Waals surface area contributed by atoms with Crippen LogP contribution in [0.25, 0.3) is 0 Å². The van der Waals surface area contributed by atoms with Crippen molar-refractivity contribution in [2.45, 2.75) is 44.7 Å². The van der Waals surface area contributed by atoms with Crippen LogP contribution in [0.4, 0.5) is 10.7 Å². The fraction of sp³-hybridized carbons (Fsp3) is 0.643. The average molecular weight is 295 g/mol. The third kappa shape index (κ3) is 2.59. The third-order valence-corrected chi connectivity index (χ3v) is 4.31. The fourth-order valence-corrected chi connectivity index (χ4v) is 3.29. The van der Waals surface area contributed by atoms with Crippen molar-refractivity contribution in [3.05, 3.63) is 18.0 Å². The third-order valence-electron chi connectivity index (χ3n) is 4.11. The zero-order valence-electron chi connectivity index (χ0n) is 11.8. The number of hydrogen-bond acceptors (Lipinski definition) is 4. The molecule has 0 radical (unpaired) electrons. The van der Waals surface area contributed by atoms with Crippen LogP contribution in [-0.4, -0.2) is 45.4 Å². The highest BCUT2D eigenvalue weighted by molar-refractivity contribution is 6.62. The second-order valence-electron chi connectivity index (χ2n) is 5.85. The van der Waals surface area contributed by atoms with Gasteiger partial charge in [-0.15, -0.1) is 0 Å². The Morgan fingerprint density at radius 2 is 1.75 bits per heavy atom. The zero-order chi connectivity index (χ0) is 14.3. The van der Waals surface area contributed by atoms with Crippen molar-refractivity contribution in [2.24, 2.45) is 0 Å². The summed E-state index contributed by atoms with van der Waals surface area (Å²) < 4.78 is 0. The van der Waals surface area contributed by atoms with E-state index in [9.17, 15) is 4.79 Å². The molecule has 0 N–H and O–H groups in total. The Kier molecular flexibility index (Phi) is 3.54. The maximum atomic E-state index is 11.4. The summed E-state index contributed by atoms with van der Waals surface area (Å²) in [6.45, 7) is 5.43. The largest absolute Gasteiger partial charge is 0.337 e. The summed E-state index contributed by atoms with van der Waals surface area (Å²) >= 11 is 5.64. The molecule has 2 heterocycles. The van der Waals surface area contributed by atoms with Crippen LogP contribution < -0.4 is 4.90 Å². The highest BCUT2D eigenvalue weighted by atomic mass is 35.5. The molecular weight excluding hydrogens is 276 g/mol. The molecule has 1 aromatic heterocycles. The minimum Gasteiger partial charge on any atom is -0.337 e. The molecule has 1 aliphatic heterocycles. The first-order chi connectivity index (χ1) is 9.56. The Bertz CT molecular complexity index is 490. The van der Waals surface area contributed by atoms with E-state index >= 15 is 0 Å². The van der Waals surface area contributed by atoms with Gasteiger partial charge in [-0.25, -0.2) is 9.97 Å². The Labute approximate surface area is 123 Å². The molecule has 3 rings (SSSR count). The molecule has 0 unspecified atom stereocenters. The molecule has 0 bridgehead atoms. The van der Waals surface area contributed by atoms with Crippen LogP contribution in [0.5, 0.6) is 0 Å². The predicted octanol–water partition coefficient (Wildman–Crippen LogP) is 2.61. The van der Waals surface area contributed by atoms with Crippen LogP contribution in [0.3, 0.4) is 0 Å². The van der Waals surface area contributed by atoms with Crippen LogP contribution >= 0.6 is 11.6 Å². The van der Waals surface area contributed by atoms with Crippen molar-refractivity contribution in [1.82, 2.24) is 14.9 Å². The van der Waals surface area contributed by atoms with Crippen molar-refractivity contribution in [1.29, 1.82) is 0 Å². The molecule has 20 heavy (non-hydrogen) atoms. The predicted molar refractivity (Wildman–Crippen MR) is 78.2 cm³/mol. The molecule has 2 atom stereocenters. The van der Waals surface area contributed by atoms with Crippen LogP contribution in [0.15, 0.2) is 12.4 Å². The molecule has 2 aliphatic rings. The van der Waals surface area contributed by atoms with Crippen molar-refractivity contribution in [3.63, 3.8) is 0 Å². The number of rotatable bonds is 2. The first-order valence-electron chi connectivity index (χ1n) is 7.11. The van der Waals surface area contributed by atoms with Crippen molar-refractivity contribution in [3.8, 4) is 0 Å². The van der Waals surface area contributed by atoms with Gasteiger partial charge in [-0.2, -0.15) is 0 Å². The number of carbonyl (C=O) groups excluding carboxylic acids is 1. The summed E-state index contributed by atoms with van der Waals surface area (Å²) in [6.07, 6.45) is 6.39. The Hall–Kier alpha value is -1.36. The molecule has 1 saturated heterocycles. The van der Waals surface area contributed by atoms with Gasteiger partial charge in [-0.3, -0.25) is 4.79 Å². The summed E-state index contributed by atoms with van der Waals surface area (Å²) in [6, 6.07) is 0.130. The van der Waals surface area contributed by atoms with E-state index in [-0.39, 0.29) is 17.5 Å². The van der Waals surface area contributed by atoms with Crippen molar-refractivity contribution >= 4 is 22.9 Å². The smallest absolute Gasteiger partial charge is 0.316 e. The monoisotopic (exact) mass is 294 g/mol. The quantitative estimate of drug-likeness (QED) is 0.621. The van der Waals surface area contributed by atoms with Gasteiger partial charge in [-0.05, 0) is 49.8 Å². The molecule has 108 valence electrons. The average Bonchev–Trinajstić information content (AvgIpc) is 3.22. The minimum absolute atomic E-state index is 0.0652. The lowest BCUT2D eigenvalue weighted by molar-refractivity contribution is 0.162. The standard InChI is InChI=1S/C14H19ClN4O/c1-9-7-18(8-10(2)19(9)13(15)20)14-16-5-12(6-17-14)11-3-4-11/h5-6,9-11H,3-4,7-8H2,1-2H3/t9-,10+. The van der Waals surface area contributed by atoms with E-state index < -0.39 is 0 Å². The molecule has 1 saturated carbocycles. The first kappa shape index (κ1) is 13.6. The van der Waals surface area contributed by atoms with Gasteiger partial charge >= 0.3 is 5.37 Å². The first-order valence-corrected chi connectivity index (χ1v) is 7.48. The van der Waals surface area contributed by atoms with Crippen LogP contribution in [0.2, 0.25) is 0 Å². The second kappa shape index (κ2) is 5.20. The Balaban J connectivity index is 1.73. The van der Waals surface area contributed by atoms with Crippen molar-refractivity contribution in [2.75, 3.05) is 18.0 Å². The topological polar surface area (TPSA) is 49.3 Å². The molecule has 1 amide bonds. The second-order valence-corrected chi connectivity index (χ2v) is 6.18. The molecule has 0 aromatic carbocycles. The molecular formula is C14H19ClN4O. The van der Waals surface area contributed by atoms with Gasteiger partial charge in [0.15, 0.2) is 0 Å². The Morgan fingerprint density at radius 1 is 1.20 bits per heavy atom. The van der Waals surface area contributed by atoms with Gasteiger partial charge in [-0.1, -0.05) is 0 Å². The van der Waals surface area contributed by atoms with Gasteiger partial charge in [0.25, 0.3) is 0 Å². The number of aromatic nitrogens is 2. The van der Waals surface area contributed by atoms with E-state index in [2.05, 4.69) is 14.9 Å². The van der Waals surface area contributed by atoms with Gasteiger partial charge in [0.2, 0.25) is 5.95 Å². The van der Waals surface area contributed by atoms with Crippen LogP contribution in [0, 0.1) is 0 Å². The zero-order valence-corrected chi connectivity index (χ0v) is 12.5. The van der Waals surface area contributed by atoms with E-state index in [0.29, 0.717) is 19.0 Å². The summed E-state index contributed by atoms with van der Waals surface area (Å²) in [5, 5.41) is -0.380. The Morgan fingerprint density at radius 3 is 2.20 bits per heavy atom. The number of nitrogens with zero attached hydrogens (tertiary/aromatic N) is 4. The fourth-order valence-electron chi connectivity index (χ4n) is 2.95. The highest BCUT2D eigenvalue weighted by Gasteiger charge is 2.33. The number of amides is 1. The number of halogens is 1. The molecule has 1 aromatic rings. The van der Waals surface area contributed by atoms with Gasteiger partial charge in [0, 0.05) is 37.6 Å². The molecule has 2 fully saturated rings. The van der Waals surface area contributed by atoms with E-state index in [0.717, 1.165) is 5.95 Å². The van der Waals surface area contributed by atoms with E-state index in [1.54, 1.807) is 4.90 Å². The van der Waals surface area contributed by atoms with Crippen LogP contribution in [0.1, 0.15) is 38.2 Å².